The first-order valence-electron chi connectivity index (χ1n) is 5.05. The zero-order chi connectivity index (χ0) is 15.0. The molecule has 8 heteroatoms. The Morgan fingerprint density at radius 2 is 1.40 bits per heavy atom. The molecule has 0 radical (unpaired) electrons. The molecule has 0 aliphatic heterocycles. The fourth-order valence-electron chi connectivity index (χ4n) is 1.53. The molecule has 0 bridgehead atoms. The number of benzene rings is 1. The number of carbonyl (C=O) groups is 1. The van der Waals surface area contributed by atoms with Crippen molar-refractivity contribution in [2.45, 2.75) is 0 Å². The largest absolute Gasteiger partial charge is 0.477 e. The summed E-state index contributed by atoms with van der Waals surface area (Å²) in [5.41, 5.74) is -2.02. The Kier molecular flexibility index (Phi) is 3.39. The molecule has 1 aromatic heterocycles. The molecule has 1 N–H and O–H groups in total. The number of aromatic carboxylic acids is 1. The van der Waals surface area contributed by atoms with Crippen LogP contribution in [-0.4, -0.2) is 16.1 Å². The van der Waals surface area contributed by atoms with Gasteiger partial charge in [-0.05, 0) is 6.07 Å². The van der Waals surface area contributed by atoms with Gasteiger partial charge in [-0.3, -0.25) is 0 Å². The monoisotopic (exact) mass is 289 g/mol. The Balaban J connectivity index is 2.67. The van der Waals surface area contributed by atoms with Crippen LogP contribution in [0.4, 0.5) is 22.0 Å². The van der Waals surface area contributed by atoms with Crippen molar-refractivity contribution in [2.24, 2.45) is 0 Å². The molecule has 0 unspecified atom stereocenters. The number of halogens is 5. The fourth-order valence-corrected chi connectivity index (χ4v) is 1.53. The number of hydrogen-bond acceptors (Lipinski definition) is 2. The van der Waals surface area contributed by atoms with Crippen LogP contribution in [-0.2, 0) is 0 Å². The quantitative estimate of drug-likeness (QED) is 0.525. The van der Waals surface area contributed by atoms with Gasteiger partial charge < -0.3 is 5.11 Å². The topological polar surface area (TPSA) is 50.2 Å². The fraction of sp³-hybridized carbons (Fsp3) is 0. The zero-order valence-electron chi connectivity index (χ0n) is 9.42. The predicted molar refractivity (Wildman–Crippen MR) is 56.4 cm³/mol. The average Bonchev–Trinajstić information content (AvgIpc) is 2.44. The van der Waals surface area contributed by atoms with Crippen molar-refractivity contribution >= 4 is 5.97 Å². The van der Waals surface area contributed by atoms with Crippen LogP contribution >= 0.6 is 0 Å². The highest BCUT2D eigenvalue weighted by Crippen LogP contribution is 2.31. The molecule has 20 heavy (non-hydrogen) atoms. The molecule has 0 saturated carbocycles. The number of hydrogen-bond donors (Lipinski definition) is 1. The highest BCUT2D eigenvalue weighted by atomic mass is 19.2. The van der Waals surface area contributed by atoms with E-state index in [2.05, 4.69) is 4.98 Å². The van der Waals surface area contributed by atoms with Crippen LogP contribution in [0.3, 0.4) is 0 Å². The molecular weight excluding hydrogens is 285 g/mol. The number of aromatic nitrogens is 1. The molecule has 0 aliphatic carbocycles. The van der Waals surface area contributed by atoms with Crippen LogP contribution in [0.5, 0.6) is 0 Å². The van der Waals surface area contributed by atoms with E-state index in [1.54, 1.807) is 0 Å². The van der Waals surface area contributed by atoms with Gasteiger partial charge in [0.2, 0.25) is 5.82 Å². The first-order chi connectivity index (χ1) is 9.34. The smallest absolute Gasteiger partial charge is 0.354 e. The zero-order valence-corrected chi connectivity index (χ0v) is 9.42. The molecule has 0 fully saturated rings. The maximum atomic E-state index is 13.5. The van der Waals surface area contributed by atoms with Crippen molar-refractivity contribution < 1.29 is 31.9 Å². The van der Waals surface area contributed by atoms with Gasteiger partial charge in [0.15, 0.2) is 23.3 Å². The standard InChI is InChI=1S/C12H4F5NO2/c13-7-6(8(14)10(16)11(17)9(7)15)4-1-2-5(12(19)20)18-3-4/h1-3H,(H,19,20). The van der Waals surface area contributed by atoms with E-state index in [1.807, 2.05) is 0 Å². The van der Waals surface area contributed by atoms with E-state index in [1.165, 1.54) is 0 Å². The van der Waals surface area contributed by atoms with E-state index in [0.29, 0.717) is 6.20 Å². The number of carboxylic acid groups (broad SMARTS) is 1. The Hall–Kier alpha value is -2.51. The molecule has 0 spiro atoms. The van der Waals surface area contributed by atoms with Crippen molar-refractivity contribution in [3.63, 3.8) is 0 Å². The second-order valence-electron chi connectivity index (χ2n) is 3.68. The minimum Gasteiger partial charge on any atom is -0.477 e. The van der Waals surface area contributed by atoms with Gasteiger partial charge in [-0.1, -0.05) is 6.07 Å². The second-order valence-corrected chi connectivity index (χ2v) is 3.68. The van der Waals surface area contributed by atoms with Crippen LogP contribution in [0.15, 0.2) is 18.3 Å². The summed E-state index contributed by atoms with van der Waals surface area (Å²) >= 11 is 0. The number of nitrogens with zero attached hydrogens (tertiary/aromatic N) is 1. The number of carboxylic acids is 1. The van der Waals surface area contributed by atoms with Gasteiger partial charge in [0.25, 0.3) is 0 Å². The normalized spacial score (nSPS) is 10.7. The Morgan fingerprint density at radius 1 is 0.900 bits per heavy atom. The highest BCUT2D eigenvalue weighted by Gasteiger charge is 2.26. The molecule has 2 rings (SSSR count). The van der Waals surface area contributed by atoms with Gasteiger partial charge in [0.1, 0.15) is 5.69 Å². The van der Waals surface area contributed by atoms with Crippen LogP contribution in [0, 0.1) is 29.1 Å². The lowest BCUT2D eigenvalue weighted by atomic mass is 10.0. The maximum Gasteiger partial charge on any atom is 0.354 e. The maximum absolute atomic E-state index is 13.5. The van der Waals surface area contributed by atoms with Crippen LogP contribution in [0.2, 0.25) is 0 Å². The average molecular weight is 289 g/mol. The minimum atomic E-state index is -2.26. The molecule has 0 aliphatic rings. The molecule has 0 saturated heterocycles. The van der Waals surface area contributed by atoms with Gasteiger partial charge in [-0.2, -0.15) is 0 Å². The first-order valence-corrected chi connectivity index (χ1v) is 5.05. The Morgan fingerprint density at radius 3 is 1.80 bits per heavy atom. The summed E-state index contributed by atoms with van der Waals surface area (Å²) in [6.07, 6.45) is 0.710. The van der Waals surface area contributed by atoms with E-state index < -0.39 is 51.9 Å². The minimum absolute atomic E-state index is 0.428. The second kappa shape index (κ2) is 4.87. The van der Waals surface area contributed by atoms with Crippen LogP contribution in [0.1, 0.15) is 10.5 Å². The highest BCUT2D eigenvalue weighted by molar-refractivity contribution is 5.85. The van der Waals surface area contributed by atoms with E-state index in [4.69, 9.17) is 5.11 Å². The SMILES string of the molecule is O=C(O)c1ccc(-c2c(F)c(F)c(F)c(F)c2F)cn1. The summed E-state index contributed by atoms with van der Waals surface area (Å²) in [6.45, 7) is 0. The third kappa shape index (κ3) is 2.09. The summed E-state index contributed by atoms with van der Waals surface area (Å²) in [6, 6.07) is 1.78. The Labute approximate surface area is 108 Å². The van der Waals surface area contributed by atoms with E-state index >= 15 is 0 Å². The van der Waals surface area contributed by atoms with Gasteiger partial charge in [0, 0.05) is 11.8 Å². The summed E-state index contributed by atoms with van der Waals surface area (Å²) in [7, 11) is 0. The summed E-state index contributed by atoms with van der Waals surface area (Å²) in [5, 5.41) is 8.60. The van der Waals surface area contributed by atoms with Gasteiger partial charge in [-0.15, -0.1) is 0 Å². The summed E-state index contributed by atoms with van der Waals surface area (Å²) in [5.74, 6) is -11.8. The van der Waals surface area contributed by atoms with Gasteiger partial charge >= 0.3 is 5.97 Å². The lowest BCUT2D eigenvalue weighted by Crippen LogP contribution is -2.05. The third-order valence-electron chi connectivity index (χ3n) is 2.48. The van der Waals surface area contributed by atoms with E-state index in [0.717, 1.165) is 12.1 Å². The van der Waals surface area contributed by atoms with Crippen molar-refractivity contribution in [1.82, 2.24) is 4.98 Å². The van der Waals surface area contributed by atoms with Crippen molar-refractivity contribution in [1.29, 1.82) is 0 Å². The van der Waals surface area contributed by atoms with E-state index in [-0.39, 0.29) is 0 Å². The molecule has 2 aromatic rings. The number of pyridine rings is 1. The lowest BCUT2D eigenvalue weighted by Gasteiger charge is -2.08. The van der Waals surface area contributed by atoms with Crippen molar-refractivity contribution in [3.05, 3.63) is 53.1 Å². The molecular formula is C12H4F5NO2. The molecule has 1 aromatic carbocycles. The predicted octanol–water partition coefficient (Wildman–Crippen LogP) is 3.14. The summed E-state index contributed by atoms with van der Waals surface area (Å²) < 4.78 is 65.9. The molecule has 0 amide bonds. The van der Waals surface area contributed by atoms with E-state index in [9.17, 15) is 26.7 Å². The third-order valence-corrected chi connectivity index (χ3v) is 2.48. The lowest BCUT2D eigenvalue weighted by molar-refractivity contribution is 0.0690. The summed E-state index contributed by atoms with van der Waals surface area (Å²) in [4.78, 5) is 13.9. The molecule has 104 valence electrons. The first kappa shape index (κ1) is 13.9. The number of rotatable bonds is 2. The van der Waals surface area contributed by atoms with Crippen molar-refractivity contribution in [3.8, 4) is 11.1 Å². The van der Waals surface area contributed by atoms with Crippen LogP contribution < -0.4 is 0 Å². The Bertz CT molecular complexity index is 671. The molecule has 3 nitrogen and oxygen atoms in total. The van der Waals surface area contributed by atoms with Crippen molar-refractivity contribution in [2.75, 3.05) is 0 Å². The van der Waals surface area contributed by atoms with Gasteiger partial charge in [-0.25, -0.2) is 31.7 Å². The van der Waals surface area contributed by atoms with Crippen LogP contribution in [0.25, 0.3) is 11.1 Å². The molecule has 0 atom stereocenters. The van der Waals surface area contributed by atoms with Gasteiger partial charge in [0.05, 0.1) is 5.56 Å². The molecule has 1 heterocycles.